The van der Waals surface area contributed by atoms with Crippen molar-refractivity contribution in [1.82, 2.24) is 0 Å². The van der Waals surface area contributed by atoms with Gasteiger partial charge in [-0.2, -0.15) is 13.2 Å². The minimum Gasteiger partial charge on any atom is -0.171 e. The largest absolute Gasteiger partial charge is 0.389 e. The molecule has 0 aliphatic heterocycles. The van der Waals surface area contributed by atoms with Gasteiger partial charge in [-0.05, 0) is 12.3 Å². The molecule has 0 saturated heterocycles. The summed E-state index contributed by atoms with van der Waals surface area (Å²) in [5, 5.41) is 0. The monoisotopic (exact) mass is 152 g/mol. The van der Waals surface area contributed by atoms with Crippen LogP contribution < -0.4 is 0 Å². The molecule has 0 saturated carbocycles. The lowest BCUT2D eigenvalue weighted by Crippen LogP contribution is -2.08. The standard InChI is InChI=1S/C7H11F3/c1-3-6(2)4-5-7(8,9)10/h3,6H,1,4-5H2,2H3. The van der Waals surface area contributed by atoms with Gasteiger partial charge in [0.25, 0.3) is 0 Å². The van der Waals surface area contributed by atoms with Crippen molar-refractivity contribution in [2.75, 3.05) is 0 Å². The van der Waals surface area contributed by atoms with E-state index in [1.54, 1.807) is 6.92 Å². The molecule has 0 fully saturated rings. The van der Waals surface area contributed by atoms with E-state index in [-0.39, 0.29) is 12.3 Å². The quantitative estimate of drug-likeness (QED) is 0.545. The maximum absolute atomic E-state index is 11.5. The molecule has 0 aromatic carbocycles. The summed E-state index contributed by atoms with van der Waals surface area (Å²) < 4.78 is 34.6. The summed E-state index contributed by atoms with van der Waals surface area (Å²) in [5.41, 5.74) is 0. The molecular formula is C7H11F3. The van der Waals surface area contributed by atoms with Crippen LogP contribution in [0.15, 0.2) is 12.7 Å². The van der Waals surface area contributed by atoms with Gasteiger partial charge in [-0.3, -0.25) is 0 Å². The van der Waals surface area contributed by atoms with Crippen LogP contribution >= 0.6 is 0 Å². The highest BCUT2D eigenvalue weighted by molar-refractivity contribution is 4.75. The second-order valence-corrected chi connectivity index (χ2v) is 2.37. The Hall–Kier alpha value is -0.470. The fraction of sp³-hybridized carbons (Fsp3) is 0.714. The Morgan fingerprint density at radius 3 is 2.30 bits per heavy atom. The van der Waals surface area contributed by atoms with Crippen LogP contribution in [0.2, 0.25) is 0 Å². The molecule has 3 heteroatoms. The van der Waals surface area contributed by atoms with Crippen LogP contribution in [0.3, 0.4) is 0 Å². The van der Waals surface area contributed by atoms with Crippen molar-refractivity contribution in [3.8, 4) is 0 Å². The predicted molar refractivity (Wildman–Crippen MR) is 34.6 cm³/mol. The molecule has 0 rings (SSSR count). The van der Waals surface area contributed by atoms with E-state index >= 15 is 0 Å². The van der Waals surface area contributed by atoms with E-state index in [0.29, 0.717) is 0 Å². The van der Waals surface area contributed by atoms with Gasteiger partial charge in [0.15, 0.2) is 0 Å². The molecule has 0 aliphatic rings. The van der Waals surface area contributed by atoms with E-state index < -0.39 is 12.6 Å². The van der Waals surface area contributed by atoms with Crippen LogP contribution in [0, 0.1) is 5.92 Å². The van der Waals surface area contributed by atoms with Crippen LogP contribution in [-0.2, 0) is 0 Å². The Labute approximate surface area is 58.7 Å². The van der Waals surface area contributed by atoms with Crippen molar-refractivity contribution >= 4 is 0 Å². The third-order valence-electron chi connectivity index (χ3n) is 1.29. The van der Waals surface area contributed by atoms with Crippen molar-refractivity contribution in [3.63, 3.8) is 0 Å². The minimum absolute atomic E-state index is 0.0402. The molecule has 1 unspecified atom stereocenters. The summed E-state index contributed by atoms with van der Waals surface area (Å²) >= 11 is 0. The van der Waals surface area contributed by atoms with E-state index in [1.165, 1.54) is 6.08 Å². The number of alkyl halides is 3. The molecule has 0 heterocycles. The molecule has 0 aromatic rings. The average molecular weight is 152 g/mol. The lowest BCUT2D eigenvalue weighted by molar-refractivity contribution is -0.136. The fourth-order valence-corrected chi connectivity index (χ4v) is 0.509. The van der Waals surface area contributed by atoms with Crippen LogP contribution in [0.25, 0.3) is 0 Å². The second kappa shape index (κ2) is 3.64. The van der Waals surface area contributed by atoms with E-state index in [2.05, 4.69) is 6.58 Å². The van der Waals surface area contributed by atoms with E-state index in [4.69, 9.17) is 0 Å². The SMILES string of the molecule is C=CC(C)CCC(F)(F)F. The zero-order valence-electron chi connectivity index (χ0n) is 5.91. The number of rotatable bonds is 3. The molecule has 0 bridgehead atoms. The predicted octanol–water partition coefficient (Wildman–Crippen LogP) is 3.15. The fourth-order valence-electron chi connectivity index (χ4n) is 0.509. The van der Waals surface area contributed by atoms with Gasteiger partial charge in [-0.25, -0.2) is 0 Å². The first kappa shape index (κ1) is 9.53. The molecule has 0 spiro atoms. The zero-order valence-corrected chi connectivity index (χ0v) is 5.91. The first-order valence-electron chi connectivity index (χ1n) is 3.15. The second-order valence-electron chi connectivity index (χ2n) is 2.37. The first-order valence-corrected chi connectivity index (χ1v) is 3.15. The number of halogens is 3. The topological polar surface area (TPSA) is 0 Å². The molecule has 1 atom stereocenters. The van der Waals surface area contributed by atoms with Gasteiger partial charge in [0.05, 0.1) is 0 Å². The molecule has 0 radical (unpaired) electrons. The Bertz CT molecular complexity index is 104. The number of hydrogen-bond acceptors (Lipinski definition) is 0. The van der Waals surface area contributed by atoms with Gasteiger partial charge in [-0.15, -0.1) is 6.58 Å². The maximum Gasteiger partial charge on any atom is 0.389 e. The molecule has 0 aromatic heterocycles. The third-order valence-corrected chi connectivity index (χ3v) is 1.29. The van der Waals surface area contributed by atoms with Crippen molar-refractivity contribution in [2.45, 2.75) is 25.9 Å². The lowest BCUT2D eigenvalue weighted by atomic mass is 10.1. The van der Waals surface area contributed by atoms with Gasteiger partial charge in [0.2, 0.25) is 0 Å². The molecule has 60 valence electrons. The molecule has 0 nitrogen and oxygen atoms in total. The first-order chi connectivity index (χ1) is 4.45. The normalized spacial score (nSPS) is 14.8. The van der Waals surface area contributed by atoms with Crippen LogP contribution in [0.1, 0.15) is 19.8 Å². The van der Waals surface area contributed by atoms with Gasteiger partial charge in [0.1, 0.15) is 0 Å². The maximum atomic E-state index is 11.5. The Balaban J connectivity index is 3.45. The van der Waals surface area contributed by atoms with Crippen LogP contribution in [0.4, 0.5) is 13.2 Å². The number of hydrogen-bond donors (Lipinski definition) is 0. The summed E-state index contributed by atoms with van der Waals surface area (Å²) in [6.07, 6.45) is -3.05. The lowest BCUT2D eigenvalue weighted by Gasteiger charge is -2.07. The third kappa shape index (κ3) is 5.66. The highest BCUT2D eigenvalue weighted by Gasteiger charge is 2.26. The highest BCUT2D eigenvalue weighted by atomic mass is 19.4. The van der Waals surface area contributed by atoms with Crippen LogP contribution in [0.5, 0.6) is 0 Å². The average Bonchev–Trinajstić information content (AvgIpc) is 1.81. The summed E-state index contributed by atoms with van der Waals surface area (Å²) in [4.78, 5) is 0. The van der Waals surface area contributed by atoms with E-state index in [9.17, 15) is 13.2 Å². The Morgan fingerprint density at radius 2 is 2.00 bits per heavy atom. The van der Waals surface area contributed by atoms with Crippen LogP contribution in [-0.4, -0.2) is 6.18 Å². The molecular weight excluding hydrogens is 141 g/mol. The van der Waals surface area contributed by atoms with Crippen molar-refractivity contribution < 1.29 is 13.2 Å². The van der Waals surface area contributed by atoms with Gasteiger partial charge in [0, 0.05) is 6.42 Å². The van der Waals surface area contributed by atoms with Crippen molar-refractivity contribution in [2.24, 2.45) is 5.92 Å². The minimum atomic E-state index is -4.02. The number of allylic oxidation sites excluding steroid dienone is 1. The molecule has 0 amide bonds. The Morgan fingerprint density at radius 1 is 1.50 bits per heavy atom. The molecule has 10 heavy (non-hydrogen) atoms. The summed E-state index contributed by atoms with van der Waals surface area (Å²) in [6, 6.07) is 0. The van der Waals surface area contributed by atoms with Crippen molar-refractivity contribution in [3.05, 3.63) is 12.7 Å². The highest BCUT2D eigenvalue weighted by Crippen LogP contribution is 2.23. The van der Waals surface area contributed by atoms with Gasteiger partial charge < -0.3 is 0 Å². The summed E-state index contributed by atoms with van der Waals surface area (Å²) in [5.74, 6) is -0.0402. The molecule has 0 aliphatic carbocycles. The zero-order chi connectivity index (χ0) is 8.20. The Kier molecular flexibility index (Phi) is 3.47. The summed E-state index contributed by atoms with van der Waals surface area (Å²) in [6.45, 7) is 5.11. The smallest absolute Gasteiger partial charge is 0.171 e. The van der Waals surface area contributed by atoms with Gasteiger partial charge in [-0.1, -0.05) is 13.0 Å². The van der Waals surface area contributed by atoms with E-state index in [0.717, 1.165) is 0 Å². The van der Waals surface area contributed by atoms with E-state index in [1.807, 2.05) is 0 Å². The van der Waals surface area contributed by atoms with Gasteiger partial charge >= 0.3 is 6.18 Å². The summed E-state index contributed by atoms with van der Waals surface area (Å²) in [7, 11) is 0. The van der Waals surface area contributed by atoms with Crippen molar-refractivity contribution in [1.29, 1.82) is 0 Å². The molecule has 0 N–H and O–H groups in total.